The van der Waals surface area contributed by atoms with Crippen molar-refractivity contribution in [2.45, 2.75) is 13.2 Å². The van der Waals surface area contributed by atoms with Crippen LogP contribution < -0.4 is 19.5 Å². The summed E-state index contributed by atoms with van der Waals surface area (Å²) in [4.78, 5) is 9.04. The van der Waals surface area contributed by atoms with Gasteiger partial charge in [0.1, 0.15) is 6.61 Å². The Kier molecular flexibility index (Phi) is 4.34. The predicted octanol–water partition coefficient (Wildman–Crippen LogP) is 3.60. The van der Waals surface area contributed by atoms with Gasteiger partial charge in [0.2, 0.25) is 6.79 Å². The molecule has 128 valence electrons. The molecule has 0 amide bonds. The number of thiophene rings is 1. The Bertz CT molecular complexity index is 874. The molecule has 1 aromatic carbocycles. The van der Waals surface area contributed by atoms with E-state index in [2.05, 4.69) is 15.3 Å². The van der Waals surface area contributed by atoms with E-state index in [1.165, 1.54) is 0 Å². The predicted molar refractivity (Wildman–Crippen MR) is 90.5 cm³/mol. The summed E-state index contributed by atoms with van der Waals surface area (Å²) in [7, 11) is 0. The van der Waals surface area contributed by atoms with Crippen LogP contribution in [-0.2, 0) is 13.2 Å². The number of aromatic nitrogens is 2. The van der Waals surface area contributed by atoms with Gasteiger partial charge < -0.3 is 19.5 Å². The minimum absolute atomic E-state index is 0.104. The largest absolute Gasteiger partial charge is 0.459 e. The first-order valence-corrected chi connectivity index (χ1v) is 8.46. The van der Waals surface area contributed by atoms with Gasteiger partial charge in [0.25, 0.3) is 0 Å². The number of nitrogens with one attached hydrogen (secondary N) is 1. The van der Waals surface area contributed by atoms with Crippen molar-refractivity contribution in [3.8, 4) is 17.5 Å². The molecule has 6 nitrogen and oxygen atoms in total. The molecule has 3 heterocycles. The zero-order chi connectivity index (χ0) is 17.1. The molecular weight excluding hydrogens is 345 g/mol. The maximum Gasteiger partial charge on any atom is 0.318 e. The van der Waals surface area contributed by atoms with Crippen LogP contribution in [0.1, 0.15) is 10.4 Å². The molecule has 0 atom stereocenters. The second-order valence-corrected chi connectivity index (χ2v) is 6.29. The number of halogens is 1. The van der Waals surface area contributed by atoms with Gasteiger partial charge in [-0.15, -0.1) is 11.3 Å². The molecule has 0 fully saturated rings. The Balaban J connectivity index is 1.41. The standard InChI is InChI=1S/C17H14FN3O3S/c18-13-8-20-17(21-16(13)19-7-12-2-1-5-25-12)22-9-11-3-4-14-15(6-11)24-10-23-14/h1-6,8H,7,9-10H2,(H,19,20,21). The van der Waals surface area contributed by atoms with E-state index in [0.29, 0.717) is 18.0 Å². The summed E-state index contributed by atoms with van der Waals surface area (Å²) in [6.45, 7) is 0.958. The number of benzene rings is 1. The number of hydrogen-bond acceptors (Lipinski definition) is 7. The Labute approximate surface area is 147 Å². The van der Waals surface area contributed by atoms with E-state index in [-0.39, 0.29) is 25.2 Å². The number of fused-ring (bicyclic) bond motifs is 1. The molecule has 1 aliphatic heterocycles. The fourth-order valence-corrected chi connectivity index (χ4v) is 2.95. The maximum absolute atomic E-state index is 13.8. The highest BCUT2D eigenvalue weighted by Crippen LogP contribution is 2.32. The van der Waals surface area contributed by atoms with Crippen molar-refractivity contribution in [2.24, 2.45) is 0 Å². The summed E-state index contributed by atoms with van der Waals surface area (Å²) < 4.78 is 30.0. The number of hydrogen-bond donors (Lipinski definition) is 1. The van der Waals surface area contributed by atoms with E-state index in [1.807, 2.05) is 35.7 Å². The first kappa shape index (κ1) is 15.6. The minimum Gasteiger partial charge on any atom is -0.459 e. The Morgan fingerprint density at radius 1 is 1.24 bits per heavy atom. The lowest BCUT2D eigenvalue weighted by atomic mass is 10.2. The fourth-order valence-electron chi connectivity index (χ4n) is 2.31. The molecule has 0 radical (unpaired) electrons. The topological polar surface area (TPSA) is 65.5 Å². The normalized spacial score (nSPS) is 12.2. The Morgan fingerprint density at radius 2 is 2.16 bits per heavy atom. The lowest BCUT2D eigenvalue weighted by Gasteiger charge is -2.09. The highest BCUT2D eigenvalue weighted by molar-refractivity contribution is 7.09. The second-order valence-electron chi connectivity index (χ2n) is 5.26. The molecule has 8 heteroatoms. The van der Waals surface area contributed by atoms with Gasteiger partial charge in [0.05, 0.1) is 12.7 Å². The summed E-state index contributed by atoms with van der Waals surface area (Å²) in [5.74, 6) is 0.984. The van der Waals surface area contributed by atoms with Crippen LogP contribution in [0.25, 0.3) is 0 Å². The summed E-state index contributed by atoms with van der Waals surface area (Å²) in [5.41, 5.74) is 0.880. The van der Waals surface area contributed by atoms with Gasteiger partial charge in [-0.25, -0.2) is 9.37 Å². The first-order valence-electron chi connectivity index (χ1n) is 7.58. The van der Waals surface area contributed by atoms with E-state index in [1.54, 1.807) is 11.3 Å². The number of ether oxygens (including phenoxy) is 3. The molecule has 0 aliphatic carbocycles. The molecule has 3 aromatic rings. The average Bonchev–Trinajstić information content (AvgIpc) is 3.31. The molecule has 2 aromatic heterocycles. The van der Waals surface area contributed by atoms with Crippen molar-refractivity contribution in [3.63, 3.8) is 0 Å². The molecule has 0 spiro atoms. The van der Waals surface area contributed by atoms with Gasteiger partial charge in [-0.1, -0.05) is 12.1 Å². The summed E-state index contributed by atoms with van der Waals surface area (Å²) in [5, 5.41) is 4.92. The van der Waals surface area contributed by atoms with Crippen LogP contribution in [0.5, 0.6) is 17.5 Å². The summed E-state index contributed by atoms with van der Waals surface area (Å²) in [6.07, 6.45) is 1.10. The van der Waals surface area contributed by atoms with Crippen LogP contribution in [0.3, 0.4) is 0 Å². The van der Waals surface area contributed by atoms with Crippen LogP contribution in [0.2, 0.25) is 0 Å². The monoisotopic (exact) mass is 359 g/mol. The van der Waals surface area contributed by atoms with Crippen LogP contribution in [-0.4, -0.2) is 16.8 Å². The molecule has 0 bridgehead atoms. The SMILES string of the molecule is Fc1cnc(OCc2ccc3c(c2)OCO3)nc1NCc1cccs1. The zero-order valence-electron chi connectivity index (χ0n) is 13.1. The fraction of sp³-hybridized carbons (Fsp3) is 0.176. The molecule has 0 saturated carbocycles. The molecular formula is C17H14FN3O3S. The van der Waals surface area contributed by atoms with E-state index < -0.39 is 5.82 Å². The number of nitrogens with zero attached hydrogens (tertiary/aromatic N) is 2. The molecule has 1 N–H and O–H groups in total. The van der Waals surface area contributed by atoms with Crippen molar-refractivity contribution < 1.29 is 18.6 Å². The van der Waals surface area contributed by atoms with Crippen molar-refractivity contribution in [1.82, 2.24) is 9.97 Å². The van der Waals surface area contributed by atoms with Crippen molar-refractivity contribution >= 4 is 17.2 Å². The lowest BCUT2D eigenvalue weighted by Crippen LogP contribution is -2.06. The van der Waals surface area contributed by atoms with Crippen molar-refractivity contribution in [2.75, 3.05) is 12.1 Å². The third-order valence-electron chi connectivity index (χ3n) is 3.54. The maximum atomic E-state index is 13.8. The molecule has 0 saturated heterocycles. The molecule has 1 aliphatic rings. The summed E-state index contributed by atoms with van der Waals surface area (Å²) in [6, 6.07) is 9.54. The van der Waals surface area contributed by atoms with Gasteiger partial charge in [0.15, 0.2) is 23.1 Å². The first-order chi connectivity index (χ1) is 12.3. The quantitative estimate of drug-likeness (QED) is 0.725. The Hall–Kier alpha value is -2.87. The average molecular weight is 359 g/mol. The van der Waals surface area contributed by atoms with Crippen molar-refractivity contribution in [3.05, 3.63) is 58.2 Å². The Morgan fingerprint density at radius 3 is 3.04 bits per heavy atom. The molecule has 4 rings (SSSR count). The third-order valence-corrected chi connectivity index (χ3v) is 4.41. The highest BCUT2D eigenvalue weighted by atomic mass is 32.1. The smallest absolute Gasteiger partial charge is 0.318 e. The number of rotatable bonds is 6. The van der Waals surface area contributed by atoms with Gasteiger partial charge >= 0.3 is 6.01 Å². The van der Waals surface area contributed by atoms with Gasteiger partial charge in [0, 0.05) is 4.88 Å². The summed E-state index contributed by atoms with van der Waals surface area (Å²) >= 11 is 1.59. The van der Waals surface area contributed by atoms with Crippen LogP contribution in [0, 0.1) is 5.82 Å². The van der Waals surface area contributed by atoms with Gasteiger partial charge in [-0.2, -0.15) is 4.98 Å². The van der Waals surface area contributed by atoms with Gasteiger partial charge in [-0.3, -0.25) is 0 Å². The minimum atomic E-state index is -0.521. The lowest BCUT2D eigenvalue weighted by molar-refractivity contribution is 0.174. The second kappa shape index (κ2) is 6.94. The zero-order valence-corrected chi connectivity index (χ0v) is 13.9. The van der Waals surface area contributed by atoms with Gasteiger partial charge in [-0.05, 0) is 29.1 Å². The van der Waals surface area contributed by atoms with Crippen LogP contribution in [0.4, 0.5) is 10.2 Å². The van der Waals surface area contributed by atoms with E-state index in [0.717, 1.165) is 16.6 Å². The van der Waals surface area contributed by atoms with E-state index in [4.69, 9.17) is 14.2 Å². The van der Waals surface area contributed by atoms with Crippen molar-refractivity contribution in [1.29, 1.82) is 0 Å². The number of anilines is 1. The van der Waals surface area contributed by atoms with Crippen LogP contribution >= 0.6 is 11.3 Å². The highest BCUT2D eigenvalue weighted by Gasteiger charge is 2.14. The molecule has 25 heavy (non-hydrogen) atoms. The van der Waals surface area contributed by atoms with Crippen LogP contribution in [0.15, 0.2) is 41.9 Å². The van der Waals surface area contributed by atoms with E-state index >= 15 is 0 Å². The molecule has 0 unspecified atom stereocenters. The third kappa shape index (κ3) is 3.63. The van der Waals surface area contributed by atoms with E-state index in [9.17, 15) is 4.39 Å².